The minimum Gasteiger partial charge on any atom is -0.357 e. The molecule has 0 aliphatic rings. The van der Waals surface area contributed by atoms with Crippen molar-refractivity contribution in [2.75, 3.05) is 20.6 Å². The first-order valence-corrected chi connectivity index (χ1v) is 10.7. The van der Waals surface area contributed by atoms with Crippen LogP contribution < -0.4 is 10.0 Å². The maximum Gasteiger partial charge on any atom is 0.416 e. The zero-order chi connectivity index (χ0) is 22.4. The second kappa shape index (κ2) is 9.94. The van der Waals surface area contributed by atoms with Crippen LogP contribution in [0.15, 0.2) is 58.4 Å². The van der Waals surface area contributed by atoms with Crippen LogP contribution in [0.4, 0.5) is 13.2 Å². The maximum absolute atomic E-state index is 12.7. The molecule has 2 N–H and O–H groups in total. The highest BCUT2D eigenvalue weighted by Crippen LogP contribution is 2.29. The fourth-order valence-corrected chi connectivity index (χ4v) is 3.41. The van der Waals surface area contributed by atoms with Crippen LogP contribution in [0.25, 0.3) is 0 Å². The monoisotopic (exact) mass is 442 g/mol. The Balaban J connectivity index is 2.09. The number of halogens is 3. The van der Waals surface area contributed by atoms with Gasteiger partial charge in [-0.1, -0.05) is 24.3 Å². The third kappa shape index (κ3) is 6.46. The fourth-order valence-electron chi connectivity index (χ4n) is 2.68. The summed E-state index contributed by atoms with van der Waals surface area (Å²) in [5, 5.41) is 3.14. The van der Waals surface area contributed by atoms with Crippen LogP contribution in [0.2, 0.25) is 0 Å². The standard InChI is InChI=1S/C20H25F3N4O2S/c1-4-25-19(26-13-15-7-11-18(12-8-15)30(28,29)24-2)27(3)14-16-5-9-17(10-6-16)20(21,22)23/h5-12,24H,4,13-14H2,1-3H3,(H,25,26). The lowest BCUT2D eigenvalue weighted by molar-refractivity contribution is -0.137. The van der Waals surface area contributed by atoms with Gasteiger partial charge in [-0.05, 0) is 49.4 Å². The smallest absolute Gasteiger partial charge is 0.357 e. The van der Waals surface area contributed by atoms with E-state index < -0.39 is 21.8 Å². The van der Waals surface area contributed by atoms with Crippen molar-refractivity contribution < 1.29 is 21.6 Å². The summed E-state index contributed by atoms with van der Waals surface area (Å²) in [5.41, 5.74) is 0.860. The van der Waals surface area contributed by atoms with Gasteiger partial charge in [-0.2, -0.15) is 13.2 Å². The first-order valence-electron chi connectivity index (χ1n) is 9.25. The van der Waals surface area contributed by atoms with Gasteiger partial charge in [-0.3, -0.25) is 0 Å². The molecule has 0 fully saturated rings. The molecule has 0 saturated heterocycles. The minimum absolute atomic E-state index is 0.170. The van der Waals surface area contributed by atoms with Crippen molar-refractivity contribution >= 4 is 16.0 Å². The average Bonchev–Trinajstić information content (AvgIpc) is 2.71. The molecule has 0 bridgehead atoms. The fraction of sp³-hybridized carbons (Fsp3) is 0.350. The summed E-state index contributed by atoms with van der Waals surface area (Å²) < 4.78 is 63.9. The van der Waals surface area contributed by atoms with Gasteiger partial charge < -0.3 is 10.2 Å². The van der Waals surface area contributed by atoms with Crippen LogP contribution in [0, 0.1) is 0 Å². The van der Waals surface area contributed by atoms with Crippen LogP contribution in [0.1, 0.15) is 23.6 Å². The lowest BCUT2D eigenvalue weighted by Crippen LogP contribution is -2.38. The second-order valence-electron chi connectivity index (χ2n) is 6.57. The quantitative estimate of drug-likeness (QED) is 0.510. The molecule has 0 aliphatic heterocycles. The number of benzene rings is 2. The predicted octanol–water partition coefficient (Wildman–Crippen LogP) is 3.21. The van der Waals surface area contributed by atoms with Crippen molar-refractivity contribution in [2.45, 2.75) is 31.1 Å². The zero-order valence-corrected chi connectivity index (χ0v) is 17.8. The van der Waals surface area contributed by atoms with Crippen LogP contribution in [-0.2, 0) is 29.3 Å². The van der Waals surface area contributed by atoms with Gasteiger partial charge in [-0.25, -0.2) is 18.1 Å². The van der Waals surface area contributed by atoms with E-state index in [1.54, 1.807) is 19.2 Å². The molecule has 2 aromatic carbocycles. The Morgan fingerprint density at radius 2 is 1.60 bits per heavy atom. The molecule has 0 saturated carbocycles. The van der Waals surface area contributed by atoms with Gasteiger partial charge in [0.05, 0.1) is 17.0 Å². The number of nitrogens with zero attached hydrogens (tertiary/aromatic N) is 2. The van der Waals surface area contributed by atoms with Crippen LogP contribution in [0.3, 0.4) is 0 Å². The molecule has 2 aromatic rings. The SMILES string of the molecule is CCNC(=NCc1ccc(S(=O)(=O)NC)cc1)N(C)Cc1ccc(C(F)(F)F)cc1. The molecule has 0 heterocycles. The van der Waals surface area contributed by atoms with E-state index in [4.69, 9.17) is 0 Å². The Bertz CT molecular complexity index is 957. The highest BCUT2D eigenvalue weighted by atomic mass is 32.2. The first-order chi connectivity index (χ1) is 14.1. The Labute approximate surface area is 174 Å². The normalized spacial score (nSPS) is 12.7. The van der Waals surface area contributed by atoms with E-state index in [0.29, 0.717) is 25.6 Å². The summed E-state index contributed by atoms with van der Waals surface area (Å²) in [7, 11) is -0.349. The van der Waals surface area contributed by atoms with Crippen molar-refractivity contribution in [3.05, 3.63) is 65.2 Å². The molecule has 30 heavy (non-hydrogen) atoms. The third-order valence-corrected chi connectivity index (χ3v) is 5.74. The lowest BCUT2D eigenvalue weighted by Gasteiger charge is -2.22. The van der Waals surface area contributed by atoms with Crippen molar-refractivity contribution in [3.63, 3.8) is 0 Å². The molecule has 10 heteroatoms. The summed E-state index contributed by atoms with van der Waals surface area (Å²) in [6.45, 7) is 3.23. The summed E-state index contributed by atoms with van der Waals surface area (Å²) in [6.07, 6.45) is -4.36. The molecule has 0 atom stereocenters. The summed E-state index contributed by atoms with van der Waals surface area (Å²) in [6, 6.07) is 11.4. The number of alkyl halides is 3. The molecule has 0 aliphatic carbocycles. The first kappa shape index (κ1) is 23.7. The zero-order valence-electron chi connectivity index (χ0n) is 17.0. The van der Waals surface area contributed by atoms with Crippen molar-refractivity contribution in [3.8, 4) is 0 Å². The number of hydrogen-bond donors (Lipinski definition) is 2. The Morgan fingerprint density at radius 3 is 2.10 bits per heavy atom. The second-order valence-corrected chi connectivity index (χ2v) is 8.46. The van der Waals surface area contributed by atoms with E-state index in [-0.39, 0.29) is 4.90 Å². The van der Waals surface area contributed by atoms with Gasteiger partial charge in [-0.15, -0.1) is 0 Å². The highest BCUT2D eigenvalue weighted by molar-refractivity contribution is 7.89. The molecular formula is C20H25F3N4O2S. The van der Waals surface area contributed by atoms with Crippen molar-refractivity contribution in [1.82, 2.24) is 14.9 Å². The van der Waals surface area contributed by atoms with Gasteiger partial charge in [0.25, 0.3) is 0 Å². The van der Waals surface area contributed by atoms with E-state index in [9.17, 15) is 21.6 Å². The van der Waals surface area contributed by atoms with Crippen LogP contribution >= 0.6 is 0 Å². The number of rotatable bonds is 7. The van der Waals surface area contributed by atoms with Crippen LogP contribution in [0.5, 0.6) is 0 Å². The predicted molar refractivity (Wildman–Crippen MR) is 110 cm³/mol. The Morgan fingerprint density at radius 1 is 1.03 bits per heavy atom. The molecule has 0 aromatic heterocycles. The maximum atomic E-state index is 12.7. The number of guanidine groups is 1. The minimum atomic E-state index is -4.36. The van der Waals surface area contributed by atoms with Gasteiger partial charge in [0, 0.05) is 20.1 Å². The molecule has 0 amide bonds. The van der Waals surface area contributed by atoms with Crippen molar-refractivity contribution in [2.24, 2.45) is 4.99 Å². The summed E-state index contributed by atoms with van der Waals surface area (Å²) in [5.74, 6) is 0.587. The van der Waals surface area contributed by atoms with E-state index in [2.05, 4.69) is 15.0 Å². The van der Waals surface area contributed by atoms with E-state index in [0.717, 1.165) is 23.3 Å². The number of hydrogen-bond acceptors (Lipinski definition) is 3. The van der Waals surface area contributed by atoms with E-state index in [1.807, 2.05) is 11.8 Å². The molecule has 0 radical (unpaired) electrons. The Kier molecular flexibility index (Phi) is 7.85. The molecule has 6 nitrogen and oxygen atoms in total. The largest absolute Gasteiger partial charge is 0.416 e. The molecule has 2 rings (SSSR count). The molecular weight excluding hydrogens is 417 g/mol. The van der Waals surface area contributed by atoms with E-state index in [1.165, 1.54) is 31.3 Å². The lowest BCUT2D eigenvalue weighted by atomic mass is 10.1. The summed E-state index contributed by atoms with van der Waals surface area (Å²) in [4.78, 5) is 6.52. The summed E-state index contributed by atoms with van der Waals surface area (Å²) >= 11 is 0. The average molecular weight is 443 g/mol. The molecule has 0 unspecified atom stereocenters. The van der Waals surface area contributed by atoms with Gasteiger partial charge in [0.15, 0.2) is 5.96 Å². The molecule has 164 valence electrons. The van der Waals surface area contributed by atoms with Gasteiger partial charge in [0.2, 0.25) is 10.0 Å². The van der Waals surface area contributed by atoms with Gasteiger partial charge in [0.1, 0.15) is 0 Å². The Hall–Kier alpha value is -2.59. The van der Waals surface area contributed by atoms with E-state index >= 15 is 0 Å². The topological polar surface area (TPSA) is 73.8 Å². The third-order valence-electron chi connectivity index (χ3n) is 4.31. The van der Waals surface area contributed by atoms with Crippen LogP contribution in [-0.4, -0.2) is 39.9 Å². The van der Waals surface area contributed by atoms with Crippen molar-refractivity contribution in [1.29, 1.82) is 0 Å². The van der Waals surface area contributed by atoms with Gasteiger partial charge >= 0.3 is 6.18 Å². The molecule has 0 spiro atoms. The number of nitrogens with one attached hydrogen (secondary N) is 2. The number of sulfonamides is 1. The highest BCUT2D eigenvalue weighted by Gasteiger charge is 2.29. The number of aliphatic imine (C=N–C) groups is 1.